The van der Waals surface area contributed by atoms with E-state index < -0.39 is 0 Å². The van der Waals surface area contributed by atoms with Gasteiger partial charge in [0.15, 0.2) is 0 Å². The van der Waals surface area contributed by atoms with Gasteiger partial charge in [-0.3, -0.25) is 4.79 Å². The molecule has 0 aliphatic heterocycles. The third-order valence-corrected chi connectivity index (χ3v) is 3.17. The Labute approximate surface area is 119 Å². The van der Waals surface area contributed by atoms with Gasteiger partial charge in [0, 0.05) is 13.0 Å². The zero-order valence-electron chi connectivity index (χ0n) is 12.9. The summed E-state index contributed by atoms with van der Waals surface area (Å²) in [4.78, 5) is 13.7. The molecule has 0 bridgehead atoms. The summed E-state index contributed by atoms with van der Waals surface area (Å²) in [7, 11) is 4.10. The second-order valence-electron chi connectivity index (χ2n) is 5.46. The van der Waals surface area contributed by atoms with Gasteiger partial charge >= 0.3 is 0 Å². The van der Waals surface area contributed by atoms with E-state index in [9.17, 15) is 4.79 Å². The molecule has 0 atom stereocenters. The molecule has 0 aromatic heterocycles. The van der Waals surface area contributed by atoms with Gasteiger partial charge in [-0.1, -0.05) is 31.8 Å². The summed E-state index contributed by atoms with van der Waals surface area (Å²) >= 11 is 0. The van der Waals surface area contributed by atoms with Crippen LogP contribution in [0.2, 0.25) is 0 Å². The molecular formula is C16H32N2O. The van der Waals surface area contributed by atoms with Crippen LogP contribution in [0.4, 0.5) is 0 Å². The molecule has 0 aromatic rings. The minimum Gasteiger partial charge on any atom is -0.356 e. The van der Waals surface area contributed by atoms with Crippen molar-refractivity contribution in [2.45, 2.75) is 57.8 Å². The fourth-order valence-electron chi connectivity index (χ4n) is 1.99. The number of nitrogens with zero attached hydrogens (tertiary/aromatic N) is 1. The van der Waals surface area contributed by atoms with E-state index in [4.69, 9.17) is 0 Å². The van der Waals surface area contributed by atoms with Crippen molar-refractivity contribution < 1.29 is 4.79 Å². The van der Waals surface area contributed by atoms with Crippen molar-refractivity contribution in [2.24, 2.45) is 0 Å². The molecule has 112 valence electrons. The van der Waals surface area contributed by atoms with Gasteiger partial charge in [-0.25, -0.2) is 0 Å². The van der Waals surface area contributed by atoms with E-state index in [1.54, 1.807) is 0 Å². The van der Waals surface area contributed by atoms with E-state index >= 15 is 0 Å². The number of amides is 1. The molecule has 0 aliphatic rings. The number of hydrogen-bond acceptors (Lipinski definition) is 2. The number of hydrogen-bond donors (Lipinski definition) is 1. The number of allylic oxidation sites excluding steroid dienone is 1. The Morgan fingerprint density at radius 2 is 1.68 bits per heavy atom. The highest BCUT2D eigenvalue weighted by atomic mass is 16.1. The summed E-state index contributed by atoms with van der Waals surface area (Å²) in [6.45, 7) is 5.56. The Hall–Kier alpha value is -0.830. The lowest BCUT2D eigenvalue weighted by atomic mass is 10.1. The van der Waals surface area contributed by atoms with Gasteiger partial charge in [0.25, 0.3) is 0 Å². The maximum Gasteiger partial charge on any atom is 0.219 e. The van der Waals surface area contributed by atoms with Crippen LogP contribution in [0.15, 0.2) is 12.7 Å². The normalized spacial score (nSPS) is 10.7. The largest absolute Gasteiger partial charge is 0.356 e. The summed E-state index contributed by atoms with van der Waals surface area (Å²) in [6, 6.07) is 0. The molecule has 19 heavy (non-hydrogen) atoms. The number of unbranched alkanes of at least 4 members (excludes halogenated alkanes) is 6. The standard InChI is InChI=1S/C16H32N2O/c1-4-5-6-7-8-9-10-11-13-16(19)17-14-12-15-18(2)3/h4H,1,5-15H2,2-3H3,(H,17,19). The molecule has 0 unspecified atom stereocenters. The summed E-state index contributed by atoms with van der Waals surface area (Å²) in [6.07, 6.45) is 12.1. The van der Waals surface area contributed by atoms with E-state index in [0.29, 0.717) is 6.42 Å². The SMILES string of the molecule is C=CCCCCCCCCC(=O)NCCCN(C)C. The molecule has 0 fully saturated rings. The first-order valence-electron chi connectivity index (χ1n) is 7.69. The summed E-state index contributed by atoms with van der Waals surface area (Å²) < 4.78 is 0. The molecule has 1 amide bonds. The van der Waals surface area contributed by atoms with Gasteiger partial charge in [0.2, 0.25) is 5.91 Å². The molecule has 0 saturated carbocycles. The minimum absolute atomic E-state index is 0.213. The Balaban J connectivity index is 3.18. The maximum absolute atomic E-state index is 11.5. The van der Waals surface area contributed by atoms with Crippen molar-refractivity contribution >= 4 is 5.91 Å². The molecular weight excluding hydrogens is 236 g/mol. The first-order valence-corrected chi connectivity index (χ1v) is 7.69. The Bertz CT molecular complexity index is 227. The fourth-order valence-corrected chi connectivity index (χ4v) is 1.99. The molecule has 3 heteroatoms. The lowest BCUT2D eigenvalue weighted by Crippen LogP contribution is -2.26. The molecule has 0 spiro atoms. The highest BCUT2D eigenvalue weighted by Gasteiger charge is 2.00. The highest BCUT2D eigenvalue weighted by Crippen LogP contribution is 2.08. The predicted molar refractivity (Wildman–Crippen MR) is 83.3 cm³/mol. The van der Waals surface area contributed by atoms with Crippen molar-refractivity contribution in [1.82, 2.24) is 10.2 Å². The van der Waals surface area contributed by atoms with Crippen LogP contribution in [0.3, 0.4) is 0 Å². The fraction of sp³-hybridized carbons (Fsp3) is 0.812. The van der Waals surface area contributed by atoms with Gasteiger partial charge in [-0.05, 0) is 46.3 Å². The van der Waals surface area contributed by atoms with Crippen molar-refractivity contribution in [3.05, 3.63) is 12.7 Å². The molecule has 1 N–H and O–H groups in total. The molecule has 3 nitrogen and oxygen atoms in total. The quantitative estimate of drug-likeness (QED) is 0.410. The molecule has 0 rings (SSSR count). The van der Waals surface area contributed by atoms with Crippen LogP contribution >= 0.6 is 0 Å². The van der Waals surface area contributed by atoms with Gasteiger partial charge in [-0.2, -0.15) is 0 Å². The van der Waals surface area contributed by atoms with Gasteiger partial charge in [0.05, 0.1) is 0 Å². The second-order valence-corrected chi connectivity index (χ2v) is 5.46. The lowest BCUT2D eigenvalue weighted by molar-refractivity contribution is -0.121. The predicted octanol–water partition coefficient (Wildman–Crippen LogP) is 3.36. The zero-order valence-corrected chi connectivity index (χ0v) is 12.9. The van der Waals surface area contributed by atoms with Crippen LogP contribution in [0.5, 0.6) is 0 Å². The third-order valence-electron chi connectivity index (χ3n) is 3.17. The lowest BCUT2D eigenvalue weighted by Gasteiger charge is -2.09. The van der Waals surface area contributed by atoms with Gasteiger partial charge in [0.1, 0.15) is 0 Å². The molecule has 0 radical (unpaired) electrons. The van der Waals surface area contributed by atoms with E-state index in [-0.39, 0.29) is 5.91 Å². The second kappa shape index (κ2) is 13.6. The van der Waals surface area contributed by atoms with Crippen LogP contribution < -0.4 is 5.32 Å². The third kappa shape index (κ3) is 15.1. The molecule has 0 saturated heterocycles. The number of carbonyl (C=O) groups excluding carboxylic acids is 1. The molecule has 0 aromatic carbocycles. The van der Waals surface area contributed by atoms with Gasteiger partial charge < -0.3 is 10.2 Å². The summed E-state index contributed by atoms with van der Waals surface area (Å²) in [5.41, 5.74) is 0. The minimum atomic E-state index is 0.213. The number of nitrogens with one attached hydrogen (secondary N) is 1. The van der Waals surface area contributed by atoms with Crippen LogP contribution in [0.1, 0.15) is 57.8 Å². The summed E-state index contributed by atoms with van der Waals surface area (Å²) in [5, 5.41) is 2.98. The van der Waals surface area contributed by atoms with Crippen LogP contribution in [0.25, 0.3) is 0 Å². The van der Waals surface area contributed by atoms with Crippen molar-refractivity contribution in [3.8, 4) is 0 Å². The molecule has 0 aliphatic carbocycles. The van der Waals surface area contributed by atoms with E-state index in [2.05, 4.69) is 30.9 Å². The smallest absolute Gasteiger partial charge is 0.219 e. The zero-order chi connectivity index (χ0) is 14.3. The monoisotopic (exact) mass is 268 g/mol. The molecule has 0 heterocycles. The topological polar surface area (TPSA) is 32.3 Å². The van der Waals surface area contributed by atoms with Gasteiger partial charge in [-0.15, -0.1) is 6.58 Å². The average molecular weight is 268 g/mol. The number of rotatable bonds is 13. The van der Waals surface area contributed by atoms with Crippen molar-refractivity contribution in [2.75, 3.05) is 27.2 Å². The van der Waals surface area contributed by atoms with Crippen molar-refractivity contribution in [3.63, 3.8) is 0 Å². The van der Waals surface area contributed by atoms with E-state index in [0.717, 1.165) is 32.4 Å². The Morgan fingerprint density at radius 1 is 1.05 bits per heavy atom. The maximum atomic E-state index is 11.5. The average Bonchev–Trinajstić information content (AvgIpc) is 2.37. The van der Waals surface area contributed by atoms with Crippen LogP contribution in [-0.2, 0) is 4.79 Å². The Morgan fingerprint density at radius 3 is 2.32 bits per heavy atom. The highest BCUT2D eigenvalue weighted by molar-refractivity contribution is 5.75. The van der Waals surface area contributed by atoms with Crippen LogP contribution in [-0.4, -0.2) is 38.0 Å². The first-order chi connectivity index (χ1) is 9.16. The number of carbonyl (C=O) groups is 1. The first kappa shape index (κ1) is 18.2. The van der Waals surface area contributed by atoms with E-state index in [1.165, 1.54) is 32.1 Å². The Kier molecular flexibility index (Phi) is 13.0. The van der Waals surface area contributed by atoms with Crippen LogP contribution in [0, 0.1) is 0 Å². The van der Waals surface area contributed by atoms with E-state index in [1.807, 2.05) is 6.08 Å². The van der Waals surface area contributed by atoms with Crippen molar-refractivity contribution in [1.29, 1.82) is 0 Å². The summed E-state index contributed by atoms with van der Waals surface area (Å²) in [5.74, 6) is 0.213.